The average molecular weight is 270 g/mol. The van der Waals surface area contributed by atoms with E-state index >= 15 is 0 Å². The summed E-state index contributed by atoms with van der Waals surface area (Å²) in [6, 6.07) is 5.63. The van der Waals surface area contributed by atoms with E-state index in [9.17, 15) is 9.59 Å². The summed E-state index contributed by atoms with van der Waals surface area (Å²) in [4.78, 5) is 23.9. The van der Waals surface area contributed by atoms with E-state index in [0.29, 0.717) is 5.69 Å². The normalized spacial score (nSPS) is 10.2. The van der Waals surface area contributed by atoms with E-state index in [0.717, 1.165) is 17.5 Å². The maximum absolute atomic E-state index is 11.8. The van der Waals surface area contributed by atoms with Crippen LogP contribution in [0.4, 0.5) is 5.69 Å². The van der Waals surface area contributed by atoms with E-state index in [4.69, 9.17) is 16.7 Å². The number of anilines is 1. The highest BCUT2D eigenvalue weighted by atomic mass is 35.5. The molecule has 0 aliphatic heterocycles. The number of aryl methyl sites for hydroxylation is 2. The maximum atomic E-state index is 11.8. The summed E-state index contributed by atoms with van der Waals surface area (Å²) in [5.74, 6) is -1.69. The van der Waals surface area contributed by atoms with Crippen molar-refractivity contribution < 1.29 is 14.7 Å². The molecule has 0 heterocycles. The number of carboxylic acid groups (broad SMARTS) is 1. The molecule has 0 spiro atoms. The molecule has 0 fully saturated rings. The van der Waals surface area contributed by atoms with Gasteiger partial charge in [-0.15, -0.1) is 11.6 Å². The minimum atomic E-state index is -1.06. The predicted octanol–water partition coefficient (Wildman–Crippen LogP) is 2.21. The van der Waals surface area contributed by atoms with Gasteiger partial charge in [-0.2, -0.15) is 0 Å². The van der Waals surface area contributed by atoms with E-state index in [1.54, 1.807) is 0 Å². The van der Waals surface area contributed by atoms with Gasteiger partial charge in [0.25, 0.3) is 0 Å². The summed E-state index contributed by atoms with van der Waals surface area (Å²) >= 11 is 5.54. The summed E-state index contributed by atoms with van der Waals surface area (Å²) in [7, 11) is 0. The Morgan fingerprint density at radius 1 is 1.39 bits per heavy atom. The van der Waals surface area contributed by atoms with Gasteiger partial charge in [-0.3, -0.25) is 14.5 Å². The number of carbonyl (C=O) groups is 2. The van der Waals surface area contributed by atoms with Crippen molar-refractivity contribution in [1.29, 1.82) is 0 Å². The number of para-hydroxylation sites is 1. The van der Waals surface area contributed by atoms with Crippen LogP contribution in [0.25, 0.3) is 0 Å². The second-order valence-electron chi connectivity index (χ2n) is 3.94. The second kappa shape index (κ2) is 6.40. The molecule has 0 radical (unpaired) electrons. The van der Waals surface area contributed by atoms with Gasteiger partial charge in [0.2, 0.25) is 5.91 Å². The Labute approximate surface area is 111 Å². The molecule has 0 saturated carbocycles. The van der Waals surface area contributed by atoms with Crippen LogP contribution < -0.4 is 4.90 Å². The molecule has 1 rings (SSSR count). The van der Waals surface area contributed by atoms with Crippen LogP contribution >= 0.6 is 11.6 Å². The average Bonchev–Trinajstić information content (AvgIpc) is 2.34. The highest BCUT2D eigenvalue weighted by Gasteiger charge is 2.21. The van der Waals surface area contributed by atoms with Crippen molar-refractivity contribution in [2.24, 2.45) is 0 Å². The summed E-state index contributed by atoms with van der Waals surface area (Å²) in [6.45, 7) is 3.44. The third-order valence-electron chi connectivity index (χ3n) is 2.68. The lowest BCUT2D eigenvalue weighted by Crippen LogP contribution is -2.37. The quantitative estimate of drug-likeness (QED) is 0.834. The molecule has 1 aromatic rings. The van der Waals surface area contributed by atoms with Gasteiger partial charge in [-0.05, 0) is 24.5 Å². The first kappa shape index (κ1) is 14.5. The van der Waals surface area contributed by atoms with Crippen LogP contribution in [0.1, 0.15) is 18.1 Å². The van der Waals surface area contributed by atoms with Crippen molar-refractivity contribution in [3.63, 3.8) is 0 Å². The fourth-order valence-electron chi connectivity index (χ4n) is 1.89. The molecule has 0 aliphatic rings. The number of amides is 1. The fraction of sp³-hybridized carbons (Fsp3) is 0.385. The number of alkyl halides is 1. The van der Waals surface area contributed by atoms with Crippen molar-refractivity contribution in [2.75, 3.05) is 17.3 Å². The van der Waals surface area contributed by atoms with E-state index in [1.807, 2.05) is 32.0 Å². The molecule has 1 aromatic carbocycles. The Morgan fingerprint density at radius 2 is 2.06 bits per heavy atom. The Morgan fingerprint density at radius 3 is 2.56 bits per heavy atom. The first-order valence-electron chi connectivity index (χ1n) is 5.67. The SMILES string of the molecule is CCc1cccc(C)c1N(CC(=O)O)C(=O)CCl. The topological polar surface area (TPSA) is 57.6 Å². The van der Waals surface area contributed by atoms with Gasteiger partial charge in [0.1, 0.15) is 12.4 Å². The fourth-order valence-corrected chi connectivity index (χ4v) is 2.03. The minimum Gasteiger partial charge on any atom is -0.480 e. The molecule has 18 heavy (non-hydrogen) atoms. The van der Waals surface area contributed by atoms with Crippen molar-refractivity contribution in [2.45, 2.75) is 20.3 Å². The highest BCUT2D eigenvalue weighted by molar-refractivity contribution is 6.29. The predicted molar refractivity (Wildman–Crippen MR) is 71.3 cm³/mol. The van der Waals surface area contributed by atoms with Crippen molar-refractivity contribution in [3.8, 4) is 0 Å². The van der Waals surface area contributed by atoms with Crippen LogP contribution in [-0.2, 0) is 16.0 Å². The molecular weight excluding hydrogens is 254 g/mol. The molecule has 98 valence electrons. The van der Waals surface area contributed by atoms with Crippen molar-refractivity contribution in [1.82, 2.24) is 0 Å². The van der Waals surface area contributed by atoms with Gasteiger partial charge < -0.3 is 5.11 Å². The van der Waals surface area contributed by atoms with Crippen molar-refractivity contribution in [3.05, 3.63) is 29.3 Å². The van der Waals surface area contributed by atoms with E-state index in [2.05, 4.69) is 0 Å². The molecule has 1 N–H and O–H groups in total. The molecule has 4 nitrogen and oxygen atoms in total. The number of hydrogen-bond acceptors (Lipinski definition) is 2. The lowest BCUT2D eigenvalue weighted by atomic mass is 10.0. The summed E-state index contributed by atoms with van der Waals surface area (Å²) in [5.41, 5.74) is 2.47. The first-order valence-corrected chi connectivity index (χ1v) is 6.21. The number of halogens is 1. The Hall–Kier alpha value is -1.55. The van der Waals surface area contributed by atoms with E-state index in [-0.39, 0.29) is 12.4 Å². The number of aliphatic carboxylic acids is 1. The Balaban J connectivity index is 3.27. The molecule has 0 atom stereocenters. The van der Waals surface area contributed by atoms with Crippen molar-refractivity contribution >= 4 is 29.2 Å². The monoisotopic (exact) mass is 269 g/mol. The summed E-state index contributed by atoms with van der Waals surface area (Å²) in [6.07, 6.45) is 0.725. The standard InChI is InChI=1S/C13H16ClNO3/c1-3-10-6-4-5-9(2)13(10)15(8-12(17)18)11(16)7-14/h4-6H,3,7-8H2,1-2H3,(H,17,18). The number of nitrogens with zero attached hydrogens (tertiary/aromatic N) is 1. The lowest BCUT2D eigenvalue weighted by molar-refractivity contribution is -0.136. The van der Waals surface area contributed by atoms with Gasteiger partial charge in [0, 0.05) is 0 Å². The molecule has 0 aromatic heterocycles. The zero-order valence-corrected chi connectivity index (χ0v) is 11.2. The van der Waals surface area contributed by atoms with Gasteiger partial charge in [-0.1, -0.05) is 25.1 Å². The van der Waals surface area contributed by atoms with Gasteiger partial charge in [0.05, 0.1) is 5.69 Å². The Bertz CT molecular complexity index is 460. The molecular formula is C13H16ClNO3. The van der Waals surface area contributed by atoms with Crippen LogP contribution in [-0.4, -0.2) is 29.4 Å². The smallest absolute Gasteiger partial charge is 0.323 e. The summed E-state index contributed by atoms with van der Waals surface area (Å²) in [5, 5.41) is 8.91. The van der Waals surface area contributed by atoms with Crippen LogP contribution in [0.5, 0.6) is 0 Å². The van der Waals surface area contributed by atoms with E-state index < -0.39 is 11.9 Å². The molecule has 0 unspecified atom stereocenters. The molecule has 5 heteroatoms. The summed E-state index contributed by atoms with van der Waals surface area (Å²) < 4.78 is 0. The lowest BCUT2D eigenvalue weighted by Gasteiger charge is -2.24. The van der Waals surface area contributed by atoms with Gasteiger partial charge >= 0.3 is 5.97 Å². The van der Waals surface area contributed by atoms with E-state index in [1.165, 1.54) is 4.90 Å². The van der Waals surface area contributed by atoms with Crippen LogP contribution in [0.2, 0.25) is 0 Å². The number of carbonyl (C=O) groups excluding carboxylic acids is 1. The molecule has 1 amide bonds. The molecule has 0 aliphatic carbocycles. The highest BCUT2D eigenvalue weighted by Crippen LogP contribution is 2.26. The zero-order chi connectivity index (χ0) is 13.7. The third-order valence-corrected chi connectivity index (χ3v) is 2.91. The molecule has 0 bridgehead atoms. The van der Waals surface area contributed by atoms with Gasteiger partial charge in [0.15, 0.2) is 0 Å². The first-order chi connectivity index (χ1) is 8.51. The van der Waals surface area contributed by atoms with Crippen LogP contribution in [0.15, 0.2) is 18.2 Å². The number of benzene rings is 1. The number of rotatable bonds is 5. The largest absolute Gasteiger partial charge is 0.480 e. The minimum absolute atomic E-state index is 0.231. The zero-order valence-electron chi connectivity index (χ0n) is 10.4. The molecule has 0 saturated heterocycles. The second-order valence-corrected chi connectivity index (χ2v) is 4.21. The Kier molecular flexibility index (Phi) is 5.16. The number of carboxylic acids is 1. The van der Waals surface area contributed by atoms with Gasteiger partial charge in [-0.25, -0.2) is 0 Å². The maximum Gasteiger partial charge on any atom is 0.323 e. The van der Waals surface area contributed by atoms with Crippen LogP contribution in [0, 0.1) is 6.92 Å². The number of hydrogen-bond donors (Lipinski definition) is 1. The third kappa shape index (κ3) is 3.23. The van der Waals surface area contributed by atoms with Crippen LogP contribution in [0.3, 0.4) is 0 Å².